The number of morpholine rings is 1. The number of hydrogen-bond acceptors (Lipinski definition) is 4. The van der Waals surface area contributed by atoms with Gasteiger partial charge in [0.15, 0.2) is 0 Å². The molecule has 0 aromatic heterocycles. The monoisotopic (exact) mass is 334 g/mol. The molecule has 1 fully saturated rings. The number of ether oxygens (including phenoxy) is 1. The molecular formula is C19H30N2O3. The van der Waals surface area contributed by atoms with Crippen LogP contribution in [0.4, 0.5) is 0 Å². The largest absolute Gasteiger partial charge is 0.385 e. The van der Waals surface area contributed by atoms with E-state index >= 15 is 0 Å². The van der Waals surface area contributed by atoms with Crippen LogP contribution in [0, 0.1) is 5.92 Å². The Morgan fingerprint density at radius 3 is 2.79 bits per heavy atom. The first-order valence-electron chi connectivity index (χ1n) is 8.75. The van der Waals surface area contributed by atoms with Crippen molar-refractivity contribution < 1.29 is 14.6 Å². The highest BCUT2D eigenvalue weighted by molar-refractivity contribution is 5.77. The van der Waals surface area contributed by atoms with Crippen LogP contribution in [0.1, 0.15) is 32.8 Å². The molecule has 0 aliphatic carbocycles. The van der Waals surface area contributed by atoms with Crippen molar-refractivity contribution >= 4 is 5.91 Å². The molecule has 5 nitrogen and oxygen atoms in total. The maximum absolute atomic E-state index is 12.2. The zero-order valence-electron chi connectivity index (χ0n) is 15.0. The minimum absolute atomic E-state index is 0.0168. The Morgan fingerprint density at radius 2 is 2.12 bits per heavy atom. The van der Waals surface area contributed by atoms with E-state index in [0.717, 1.165) is 25.2 Å². The number of hydrogen-bond donors (Lipinski definition) is 2. The van der Waals surface area contributed by atoms with Crippen LogP contribution in [0.2, 0.25) is 0 Å². The molecule has 1 aromatic rings. The van der Waals surface area contributed by atoms with Gasteiger partial charge in [-0.2, -0.15) is 0 Å². The zero-order chi connectivity index (χ0) is 17.6. The second-order valence-corrected chi connectivity index (χ2v) is 7.27. The molecule has 24 heavy (non-hydrogen) atoms. The van der Waals surface area contributed by atoms with Gasteiger partial charge in [-0.15, -0.1) is 0 Å². The molecule has 2 rings (SSSR count). The van der Waals surface area contributed by atoms with Crippen LogP contribution in [-0.4, -0.2) is 54.8 Å². The van der Waals surface area contributed by atoms with Crippen LogP contribution in [0.3, 0.4) is 0 Å². The highest BCUT2D eigenvalue weighted by atomic mass is 16.5. The molecule has 1 saturated heterocycles. The van der Waals surface area contributed by atoms with E-state index in [4.69, 9.17) is 4.74 Å². The van der Waals surface area contributed by atoms with Gasteiger partial charge in [0.05, 0.1) is 24.7 Å². The summed E-state index contributed by atoms with van der Waals surface area (Å²) in [7, 11) is 0. The highest BCUT2D eigenvalue weighted by Gasteiger charge is 2.27. The van der Waals surface area contributed by atoms with Crippen LogP contribution < -0.4 is 5.32 Å². The topological polar surface area (TPSA) is 61.8 Å². The minimum atomic E-state index is -1.16. The molecule has 2 N–H and O–H groups in total. The highest BCUT2D eigenvalue weighted by Crippen LogP contribution is 2.23. The van der Waals surface area contributed by atoms with Crippen molar-refractivity contribution in [2.75, 3.05) is 32.8 Å². The third-order valence-electron chi connectivity index (χ3n) is 4.27. The molecule has 5 heteroatoms. The third-order valence-corrected chi connectivity index (χ3v) is 4.27. The Bertz CT molecular complexity index is 517. The van der Waals surface area contributed by atoms with Gasteiger partial charge in [-0.05, 0) is 18.4 Å². The van der Waals surface area contributed by atoms with E-state index in [-0.39, 0.29) is 18.4 Å². The van der Waals surface area contributed by atoms with E-state index in [1.165, 1.54) is 0 Å². The molecule has 134 valence electrons. The Hall–Kier alpha value is -1.43. The summed E-state index contributed by atoms with van der Waals surface area (Å²) in [6.07, 6.45) is 0.0579. The van der Waals surface area contributed by atoms with Gasteiger partial charge in [0.25, 0.3) is 0 Å². The summed E-state index contributed by atoms with van der Waals surface area (Å²) in [4.78, 5) is 14.6. The van der Waals surface area contributed by atoms with Gasteiger partial charge >= 0.3 is 0 Å². The zero-order valence-corrected chi connectivity index (χ0v) is 15.0. The Labute approximate surface area is 145 Å². The van der Waals surface area contributed by atoms with E-state index in [2.05, 4.69) is 24.1 Å². The first kappa shape index (κ1) is 18.9. The molecule has 0 radical (unpaired) electrons. The van der Waals surface area contributed by atoms with Crippen LogP contribution in [0.15, 0.2) is 30.3 Å². The number of nitrogens with one attached hydrogen (secondary N) is 1. The predicted molar refractivity (Wildman–Crippen MR) is 94.7 cm³/mol. The van der Waals surface area contributed by atoms with Gasteiger partial charge in [0, 0.05) is 26.2 Å². The lowest BCUT2D eigenvalue weighted by atomic mass is 9.92. The lowest BCUT2D eigenvalue weighted by molar-refractivity contribution is -0.127. The summed E-state index contributed by atoms with van der Waals surface area (Å²) >= 11 is 0. The number of amides is 1. The van der Waals surface area contributed by atoms with Crippen molar-refractivity contribution in [3.05, 3.63) is 35.9 Å². The van der Waals surface area contributed by atoms with Gasteiger partial charge in [0.2, 0.25) is 5.91 Å². The van der Waals surface area contributed by atoms with E-state index < -0.39 is 5.60 Å². The first-order valence-corrected chi connectivity index (χ1v) is 8.75. The fourth-order valence-electron chi connectivity index (χ4n) is 3.09. The number of carbonyl (C=O) groups is 1. The molecule has 2 atom stereocenters. The van der Waals surface area contributed by atoms with Crippen molar-refractivity contribution in [2.24, 2.45) is 5.92 Å². The Balaban J connectivity index is 1.78. The molecule has 0 saturated carbocycles. The standard InChI is InChI=1S/C19H30N2O3/c1-15(2)13-21-9-10-24-17(14-21)12-20-18(22)11-19(3,23)16-7-5-4-6-8-16/h4-8,15,17,23H,9-14H2,1-3H3,(H,20,22). The average Bonchev–Trinajstić information content (AvgIpc) is 2.53. The molecule has 2 unspecified atom stereocenters. The van der Waals surface area contributed by atoms with Crippen molar-refractivity contribution in [3.63, 3.8) is 0 Å². The lowest BCUT2D eigenvalue weighted by Gasteiger charge is -2.34. The van der Waals surface area contributed by atoms with Crippen molar-refractivity contribution in [1.29, 1.82) is 0 Å². The summed E-state index contributed by atoms with van der Waals surface area (Å²) in [5.41, 5.74) is -0.417. The average molecular weight is 334 g/mol. The second-order valence-electron chi connectivity index (χ2n) is 7.27. The normalized spacial score (nSPS) is 21.5. The molecule has 0 bridgehead atoms. The molecule has 0 spiro atoms. The van der Waals surface area contributed by atoms with Gasteiger partial charge in [-0.3, -0.25) is 9.69 Å². The van der Waals surface area contributed by atoms with Gasteiger partial charge in [-0.1, -0.05) is 44.2 Å². The fraction of sp³-hybridized carbons (Fsp3) is 0.632. The number of nitrogens with zero attached hydrogens (tertiary/aromatic N) is 1. The molecule has 1 heterocycles. The Morgan fingerprint density at radius 1 is 1.42 bits per heavy atom. The van der Waals surface area contributed by atoms with Gasteiger partial charge in [-0.25, -0.2) is 0 Å². The van der Waals surface area contributed by atoms with Gasteiger partial charge < -0.3 is 15.2 Å². The maximum atomic E-state index is 12.2. The summed E-state index contributed by atoms with van der Waals surface area (Å²) in [5.74, 6) is 0.466. The van der Waals surface area contributed by atoms with E-state index in [9.17, 15) is 9.90 Å². The summed E-state index contributed by atoms with van der Waals surface area (Å²) in [6, 6.07) is 9.29. The predicted octanol–water partition coefficient (Wildman–Crippen LogP) is 1.76. The Kier molecular flexibility index (Phi) is 6.78. The maximum Gasteiger partial charge on any atom is 0.223 e. The van der Waals surface area contributed by atoms with Crippen LogP contribution in [-0.2, 0) is 15.1 Å². The third kappa shape index (κ3) is 5.89. The molecular weight excluding hydrogens is 304 g/mol. The lowest BCUT2D eigenvalue weighted by Crippen LogP contribution is -2.48. The smallest absolute Gasteiger partial charge is 0.223 e. The van der Waals surface area contributed by atoms with Crippen LogP contribution in [0.25, 0.3) is 0 Å². The minimum Gasteiger partial charge on any atom is -0.385 e. The van der Waals surface area contributed by atoms with Crippen LogP contribution in [0.5, 0.6) is 0 Å². The number of rotatable bonds is 7. The quantitative estimate of drug-likeness (QED) is 0.798. The first-order chi connectivity index (χ1) is 11.4. The fourth-order valence-corrected chi connectivity index (χ4v) is 3.09. The van der Waals surface area contributed by atoms with Crippen molar-refractivity contribution in [3.8, 4) is 0 Å². The summed E-state index contributed by atoms with van der Waals surface area (Å²) in [5, 5.41) is 13.4. The number of carbonyl (C=O) groups excluding carboxylic acids is 1. The van der Waals surface area contributed by atoms with Crippen molar-refractivity contribution in [2.45, 2.75) is 38.9 Å². The SMILES string of the molecule is CC(C)CN1CCOC(CNC(=O)CC(C)(O)c2ccccc2)C1. The van der Waals surface area contributed by atoms with Crippen molar-refractivity contribution in [1.82, 2.24) is 10.2 Å². The molecule has 1 aliphatic rings. The van der Waals surface area contributed by atoms with Crippen LogP contribution >= 0.6 is 0 Å². The molecule has 1 aliphatic heterocycles. The second kappa shape index (κ2) is 8.60. The molecule has 1 aromatic carbocycles. The molecule has 1 amide bonds. The van der Waals surface area contributed by atoms with E-state index in [1.807, 2.05) is 30.3 Å². The van der Waals surface area contributed by atoms with E-state index in [0.29, 0.717) is 19.1 Å². The van der Waals surface area contributed by atoms with E-state index in [1.54, 1.807) is 6.92 Å². The summed E-state index contributed by atoms with van der Waals surface area (Å²) < 4.78 is 5.74. The number of benzene rings is 1. The summed E-state index contributed by atoms with van der Waals surface area (Å²) in [6.45, 7) is 10.1. The van der Waals surface area contributed by atoms with Gasteiger partial charge in [0.1, 0.15) is 0 Å². The number of aliphatic hydroxyl groups is 1.